The zero-order chi connectivity index (χ0) is 21.0. The Morgan fingerprint density at radius 3 is 2.59 bits per heavy atom. The third-order valence-electron chi connectivity index (χ3n) is 4.66. The number of anilines is 3. The van der Waals surface area contributed by atoms with Gasteiger partial charge in [0.15, 0.2) is 15.7 Å². The lowest BCUT2D eigenvalue weighted by Crippen LogP contribution is -2.50. The lowest BCUT2D eigenvalue weighted by Gasteiger charge is -2.34. The largest absolute Gasteiger partial charge is 0.353 e. The number of hydrogen-bond donors (Lipinski definition) is 2. The third kappa shape index (κ3) is 5.57. The lowest BCUT2D eigenvalue weighted by atomic mass is 10.1. The van der Waals surface area contributed by atoms with Crippen LogP contribution in [0.2, 0.25) is 0 Å². The number of urea groups is 1. The number of hydrogen-bond acceptors (Lipinski definition) is 7. The van der Waals surface area contributed by atoms with E-state index in [4.69, 9.17) is 0 Å². The molecule has 1 saturated heterocycles. The molecule has 1 aromatic heterocycles. The summed E-state index contributed by atoms with van der Waals surface area (Å²) in [4.78, 5) is 24.7. The minimum Gasteiger partial charge on any atom is -0.353 e. The van der Waals surface area contributed by atoms with Gasteiger partial charge in [0.1, 0.15) is 5.82 Å². The van der Waals surface area contributed by atoms with Crippen LogP contribution in [0, 0.1) is 0 Å². The molecule has 0 radical (unpaired) electrons. The maximum atomic E-state index is 11.9. The van der Waals surface area contributed by atoms with Gasteiger partial charge < -0.3 is 20.4 Å². The summed E-state index contributed by atoms with van der Waals surface area (Å²) in [7, 11) is 0.214. The molecule has 1 aliphatic rings. The predicted molar refractivity (Wildman–Crippen MR) is 112 cm³/mol. The summed E-state index contributed by atoms with van der Waals surface area (Å²) in [6.07, 6.45) is 6.37. The third-order valence-corrected chi connectivity index (χ3v) is 5.78. The molecule has 2 heterocycles. The highest BCUT2D eigenvalue weighted by atomic mass is 32.2. The van der Waals surface area contributed by atoms with Crippen LogP contribution in [0.25, 0.3) is 0 Å². The summed E-state index contributed by atoms with van der Waals surface area (Å²) in [5.41, 5.74) is 0.721. The van der Waals surface area contributed by atoms with Gasteiger partial charge in [-0.3, -0.25) is 4.98 Å². The van der Waals surface area contributed by atoms with Gasteiger partial charge in [-0.1, -0.05) is 0 Å². The van der Waals surface area contributed by atoms with Crippen LogP contribution >= 0.6 is 0 Å². The number of amides is 2. The van der Waals surface area contributed by atoms with Crippen LogP contribution in [0.3, 0.4) is 0 Å². The number of carbonyl (C=O) groups is 1. The average molecular weight is 419 g/mol. The lowest BCUT2D eigenvalue weighted by molar-refractivity contribution is 0.211. The molecule has 0 saturated carbocycles. The Morgan fingerprint density at radius 1 is 1.21 bits per heavy atom. The van der Waals surface area contributed by atoms with Crippen molar-refractivity contribution < 1.29 is 13.2 Å². The fourth-order valence-corrected chi connectivity index (χ4v) is 3.74. The number of piperidine rings is 1. The van der Waals surface area contributed by atoms with E-state index in [0.717, 1.165) is 30.9 Å². The van der Waals surface area contributed by atoms with Crippen LogP contribution in [0.5, 0.6) is 0 Å². The predicted octanol–water partition coefficient (Wildman–Crippen LogP) is 1.86. The maximum absolute atomic E-state index is 11.9. The van der Waals surface area contributed by atoms with Crippen molar-refractivity contribution in [2.24, 2.45) is 0 Å². The Morgan fingerprint density at radius 2 is 1.93 bits per heavy atom. The quantitative estimate of drug-likeness (QED) is 0.763. The van der Waals surface area contributed by atoms with Crippen LogP contribution in [-0.2, 0) is 9.84 Å². The molecule has 0 spiro atoms. The topological polar surface area (TPSA) is 108 Å². The number of nitrogens with zero attached hydrogens (tertiary/aromatic N) is 4. The molecule has 1 aromatic carbocycles. The van der Waals surface area contributed by atoms with Crippen molar-refractivity contribution in [2.75, 3.05) is 43.7 Å². The first-order valence-electron chi connectivity index (χ1n) is 9.34. The first-order valence-corrected chi connectivity index (χ1v) is 11.2. The van der Waals surface area contributed by atoms with E-state index < -0.39 is 9.84 Å². The molecule has 2 amide bonds. The van der Waals surface area contributed by atoms with Crippen molar-refractivity contribution in [3.8, 4) is 0 Å². The van der Waals surface area contributed by atoms with E-state index >= 15 is 0 Å². The van der Waals surface area contributed by atoms with Crippen molar-refractivity contribution in [1.82, 2.24) is 20.2 Å². The molecule has 0 bridgehead atoms. The molecule has 2 aromatic rings. The summed E-state index contributed by atoms with van der Waals surface area (Å²) >= 11 is 0. The van der Waals surface area contributed by atoms with E-state index in [1.54, 1.807) is 50.8 Å². The Bertz CT molecular complexity index is 962. The molecule has 1 atom stereocenters. The molecule has 10 heteroatoms. The minimum atomic E-state index is -3.23. The number of benzene rings is 1. The van der Waals surface area contributed by atoms with Crippen LogP contribution in [0.1, 0.15) is 12.8 Å². The van der Waals surface area contributed by atoms with E-state index in [2.05, 4.69) is 25.5 Å². The second-order valence-corrected chi connectivity index (χ2v) is 9.33. The van der Waals surface area contributed by atoms with Gasteiger partial charge in [-0.05, 0) is 37.1 Å². The van der Waals surface area contributed by atoms with E-state index in [-0.39, 0.29) is 17.0 Å². The molecule has 1 fully saturated rings. The van der Waals surface area contributed by atoms with Crippen molar-refractivity contribution in [1.29, 1.82) is 0 Å². The van der Waals surface area contributed by atoms with E-state index in [9.17, 15) is 13.2 Å². The molecule has 1 aliphatic heterocycles. The molecule has 29 heavy (non-hydrogen) atoms. The van der Waals surface area contributed by atoms with Crippen molar-refractivity contribution in [3.05, 3.63) is 36.7 Å². The van der Waals surface area contributed by atoms with Gasteiger partial charge in [-0.2, -0.15) is 0 Å². The van der Waals surface area contributed by atoms with Crippen molar-refractivity contribution in [3.63, 3.8) is 0 Å². The molecule has 156 valence electrons. The normalized spacial score (nSPS) is 16.9. The van der Waals surface area contributed by atoms with Gasteiger partial charge in [0.25, 0.3) is 0 Å². The van der Waals surface area contributed by atoms with E-state index in [0.29, 0.717) is 12.4 Å². The number of carbonyl (C=O) groups excluding carboxylic acids is 1. The summed E-state index contributed by atoms with van der Waals surface area (Å²) in [6.45, 7) is 1.51. The number of sulfone groups is 1. The van der Waals surface area contributed by atoms with Gasteiger partial charge >= 0.3 is 6.03 Å². The summed E-state index contributed by atoms with van der Waals surface area (Å²) < 4.78 is 23.2. The zero-order valence-electron chi connectivity index (χ0n) is 16.8. The Hall–Kier alpha value is -2.88. The smallest absolute Gasteiger partial charge is 0.317 e. The fraction of sp³-hybridized carbons (Fsp3) is 0.421. The van der Waals surface area contributed by atoms with Gasteiger partial charge in [-0.15, -0.1) is 0 Å². The number of nitrogens with one attached hydrogen (secondary N) is 2. The van der Waals surface area contributed by atoms with Gasteiger partial charge in [0, 0.05) is 45.2 Å². The Labute approximate surface area is 171 Å². The molecule has 3 rings (SSSR count). The Balaban J connectivity index is 1.68. The average Bonchev–Trinajstić information content (AvgIpc) is 2.68. The van der Waals surface area contributed by atoms with Gasteiger partial charge in [0.2, 0.25) is 0 Å². The highest BCUT2D eigenvalue weighted by Gasteiger charge is 2.23. The van der Waals surface area contributed by atoms with E-state index in [1.165, 1.54) is 11.2 Å². The summed E-state index contributed by atoms with van der Waals surface area (Å²) in [5, 5.41) is 6.17. The molecular weight excluding hydrogens is 392 g/mol. The van der Waals surface area contributed by atoms with Gasteiger partial charge in [-0.25, -0.2) is 18.2 Å². The molecular formula is C19H26N6O3S. The summed E-state index contributed by atoms with van der Waals surface area (Å²) in [6, 6.07) is 6.45. The first kappa shape index (κ1) is 20.8. The molecule has 0 unspecified atom stereocenters. The van der Waals surface area contributed by atoms with Crippen molar-refractivity contribution in [2.45, 2.75) is 23.8 Å². The zero-order valence-corrected chi connectivity index (χ0v) is 17.6. The highest BCUT2D eigenvalue weighted by molar-refractivity contribution is 7.90. The van der Waals surface area contributed by atoms with Crippen LogP contribution in [0.15, 0.2) is 41.6 Å². The first-order chi connectivity index (χ1) is 13.7. The van der Waals surface area contributed by atoms with Crippen LogP contribution in [0.4, 0.5) is 22.1 Å². The molecule has 0 aliphatic carbocycles. The second kappa shape index (κ2) is 8.64. The Kier molecular flexibility index (Phi) is 6.21. The SMILES string of the molecule is CN(C)C(=O)N[C@@H]1CCCN(c2cncc(Nc3ccc(S(C)(=O)=O)cc3)n2)C1. The molecule has 2 N–H and O–H groups in total. The van der Waals surface area contributed by atoms with Crippen LogP contribution < -0.4 is 15.5 Å². The number of rotatable bonds is 5. The maximum Gasteiger partial charge on any atom is 0.317 e. The fourth-order valence-electron chi connectivity index (χ4n) is 3.11. The van der Waals surface area contributed by atoms with E-state index in [1.807, 2.05) is 0 Å². The number of aromatic nitrogens is 2. The highest BCUT2D eigenvalue weighted by Crippen LogP contribution is 2.21. The minimum absolute atomic E-state index is 0.0561. The van der Waals surface area contributed by atoms with Gasteiger partial charge in [0.05, 0.1) is 17.3 Å². The van der Waals surface area contributed by atoms with Crippen LogP contribution in [-0.4, -0.2) is 68.8 Å². The standard InChI is InChI=1S/C19H26N6O3S/c1-24(2)19(26)22-15-5-4-10-25(13-15)18-12-20-11-17(23-18)21-14-6-8-16(9-7-14)29(3,27)28/h6-9,11-12,15H,4-5,10,13H2,1-3H3,(H,21,23)(H,22,26)/t15-/m1/s1. The molecule has 9 nitrogen and oxygen atoms in total. The van der Waals surface area contributed by atoms with Crippen molar-refractivity contribution >= 4 is 33.2 Å². The second-order valence-electron chi connectivity index (χ2n) is 7.31. The summed E-state index contributed by atoms with van der Waals surface area (Å²) in [5.74, 6) is 1.29. The monoisotopic (exact) mass is 418 g/mol.